The molecule has 35 heavy (non-hydrogen) atoms. The van der Waals surface area contributed by atoms with Crippen LogP contribution in [0.1, 0.15) is 36.2 Å². The van der Waals surface area contributed by atoms with E-state index in [1.54, 1.807) is 0 Å². The molecule has 7 nitrogen and oxygen atoms in total. The number of likely N-dealkylation sites (tertiary alicyclic amines) is 2. The average Bonchev–Trinajstić information content (AvgIpc) is 3.12. The van der Waals surface area contributed by atoms with Gasteiger partial charge >= 0.3 is 6.18 Å². The predicted octanol–water partition coefficient (Wildman–Crippen LogP) is 2.52. The van der Waals surface area contributed by atoms with Gasteiger partial charge in [-0.2, -0.15) is 17.5 Å². The second kappa shape index (κ2) is 7.86. The lowest BCUT2D eigenvalue weighted by Crippen LogP contribution is -2.77. The lowest BCUT2D eigenvalue weighted by Gasteiger charge is -2.67. The first kappa shape index (κ1) is 24.1. The van der Waals surface area contributed by atoms with Gasteiger partial charge in [0.15, 0.2) is 0 Å². The number of aryl methyl sites for hydroxylation is 2. The smallest absolute Gasteiger partial charge is 0.381 e. The van der Waals surface area contributed by atoms with Crippen molar-refractivity contribution in [3.05, 3.63) is 23.0 Å². The SMILES string of the molecule is Cc1cc(C(F)(F)F)nc(C)c1S(=O)(=O)N1CC2(CN(C3CC4(C3)CN(CC3CCOC3)C4)C2)C1. The maximum absolute atomic E-state index is 13.2. The summed E-state index contributed by atoms with van der Waals surface area (Å²) in [5.41, 5.74) is -0.571. The molecule has 0 aromatic carbocycles. The van der Waals surface area contributed by atoms with Crippen LogP contribution in [0.15, 0.2) is 11.0 Å². The van der Waals surface area contributed by atoms with Crippen molar-refractivity contribution in [2.75, 3.05) is 59.0 Å². The van der Waals surface area contributed by atoms with Gasteiger partial charge in [-0.05, 0) is 56.1 Å². The summed E-state index contributed by atoms with van der Waals surface area (Å²) in [6.07, 6.45) is -0.948. The van der Waals surface area contributed by atoms with Gasteiger partial charge in [-0.25, -0.2) is 13.4 Å². The zero-order valence-corrected chi connectivity index (χ0v) is 21.1. The van der Waals surface area contributed by atoms with E-state index in [-0.39, 0.29) is 21.6 Å². The van der Waals surface area contributed by atoms with Crippen LogP contribution >= 0.6 is 0 Å². The average molecular weight is 515 g/mol. The number of rotatable bonds is 5. The minimum atomic E-state index is -4.60. The van der Waals surface area contributed by atoms with Gasteiger partial charge in [0.05, 0.1) is 12.3 Å². The Morgan fingerprint density at radius 1 is 1.09 bits per heavy atom. The van der Waals surface area contributed by atoms with E-state index < -0.39 is 21.9 Å². The molecular weight excluding hydrogens is 481 g/mol. The van der Waals surface area contributed by atoms with Crippen molar-refractivity contribution in [1.29, 1.82) is 0 Å². The van der Waals surface area contributed by atoms with Crippen LogP contribution in [-0.4, -0.2) is 92.6 Å². The van der Waals surface area contributed by atoms with E-state index in [1.165, 1.54) is 50.5 Å². The molecule has 4 aliphatic heterocycles. The number of hydrogen-bond donors (Lipinski definition) is 0. The summed E-state index contributed by atoms with van der Waals surface area (Å²) in [6.45, 7) is 10.8. The molecule has 11 heteroatoms. The number of halogens is 3. The molecular formula is C24H33F3N4O3S. The van der Waals surface area contributed by atoms with E-state index in [1.807, 2.05) is 0 Å². The molecule has 5 heterocycles. The summed E-state index contributed by atoms with van der Waals surface area (Å²) in [5, 5.41) is 0. The van der Waals surface area contributed by atoms with Gasteiger partial charge in [-0.15, -0.1) is 0 Å². The van der Waals surface area contributed by atoms with Crippen LogP contribution in [0.2, 0.25) is 0 Å². The minimum absolute atomic E-state index is 0.00884. The maximum atomic E-state index is 13.2. The molecule has 5 aliphatic rings. The third-order valence-corrected chi connectivity index (χ3v) is 10.9. The van der Waals surface area contributed by atoms with Crippen molar-refractivity contribution < 1.29 is 26.3 Å². The highest BCUT2D eigenvalue weighted by atomic mass is 32.2. The molecule has 0 bridgehead atoms. The molecule has 1 aromatic rings. The Morgan fingerprint density at radius 3 is 2.34 bits per heavy atom. The van der Waals surface area contributed by atoms with Gasteiger partial charge in [-0.1, -0.05) is 0 Å². The molecule has 6 rings (SSSR count). The fourth-order valence-electron chi connectivity index (χ4n) is 7.21. The molecule has 1 aromatic heterocycles. The van der Waals surface area contributed by atoms with Crippen LogP contribution < -0.4 is 0 Å². The van der Waals surface area contributed by atoms with Crippen LogP contribution in [0, 0.1) is 30.6 Å². The van der Waals surface area contributed by atoms with Gasteiger partial charge in [0.1, 0.15) is 10.6 Å². The number of nitrogens with zero attached hydrogens (tertiary/aromatic N) is 4. The third kappa shape index (κ3) is 4.02. The summed E-state index contributed by atoms with van der Waals surface area (Å²) >= 11 is 0. The minimum Gasteiger partial charge on any atom is -0.381 e. The highest BCUT2D eigenvalue weighted by Gasteiger charge is 2.61. The Hall–Kier alpha value is -1.27. The summed E-state index contributed by atoms with van der Waals surface area (Å²) < 4.78 is 72.4. The number of pyridine rings is 1. The van der Waals surface area contributed by atoms with Crippen LogP contribution in [-0.2, 0) is 20.9 Å². The van der Waals surface area contributed by atoms with E-state index in [4.69, 9.17) is 4.74 Å². The quantitative estimate of drug-likeness (QED) is 0.602. The molecule has 1 aliphatic carbocycles. The first-order valence-corrected chi connectivity index (χ1v) is 13.9. The zero-order chi connectivity index (χ0) is 24.8. The van der Waals surface area contributed by atoms with Crippen LogP contribution in [0.5, 0.6) is 0 Å². The van der Waals surface area contributed by atoms with E-state index in [9.17, 15) is 21.6 Å². The molecule has 1 unspecified atom stereocenters. The normalized spacial score (nSPS) is 29.1. The topological polar surface area (TPSA) is 66.0 Å². The van der Waals surface area contributed by atoms with E-state index in [0.29, 0.717) is 30.5 Å². The Bertz CT molecular complexity index is 1080. The molecule has 1 atom stereocenters. The first-order valence-electron chi connectivity index (χ1n) is 12.5. The van der Waals surface area contributed by atoms with Crippen LogP contribution in [0.25, 0.3) is 0 Å². The predicted molar refractivity (Wildman–Crippen MR) is 122 cm³/mol. The Balaban J connectivity index is 0.996. The number of sulfonamides is 1. The monoisotopic (exact) mass is 514 g/mol. The van der Waals surface area contributed by atoms with E-state index >= 15 is 0 Å². The largest absolute Gasteiger partial charge is 0.433 e. The van der Waals surface area contributed by atoms with Gasteiger partial charge < -0.3 is 9.64 Å². The molecule has 2 spiro atoms. The Labute approximate surface area is 204 Å². The standard InChI is InChI=1S/C24H33F3N4O3S/c1-16-5-20(24(25,26)27)28-17(2)21(16)35(32,33)31-14-23(15-31)12-30(13-23)19-6-22(7-19)10-29(11-22)8-18-3-4-34-9-18/h5,18-19H,3-4,6-15H2,1-2H3. The highest BCUT2D eigenvalue weighted by Crippen LogP contribution is 2.54. The van der Waals surface area contributed by atoms with Gasteiger partial charge in [0, 0.05) is 63.9 Å². The zero-order valence-electron chi connectivity index (χ0n) is 20.3. The van der Waals surface area contributed by atoms with Crippen molar-refractivity contribution in [1.82, 2.24) is 19.1 Å². The Morgan fingerprint density at radius 2 is 1.77 bits per heavy atom. The summed E-state index contributed by atoms with van der Waals surface area (Å²) in [7, 11) is -3.86. The number of hydrogen-bond acceptors (Lipinski definition) is 6. The number of aromatic nitrogens is 1. The van der Waals surface area contributed by atoms with Crippen molar-refractivity contribution in [3.8, 4) is 0 Å². The second-order valence-corrected chi connectivity index (χ2v) is 13.8. The molecule has 1 saturated carbocycles. The lowest BCUT2D eigenvalue weighted by atomic mass is 9.58. The van der Waals surface area contributed by atoms with Crippen molar-refractivity contribution >= 4 is 10.0 Å². The van der Waals surface area contributed by atoms with Gasteiger partial charge in [-0.3, -0.25) is 4.90 Å². The molecule has 4 saturated heterocycles. The third-order valence-electron chi connectivity index (χ3n) is 8.83. The summed E-state index contributed by atoms with van der Waals surface area (Å²) in [5.74, 6) is 0.697. The fraction of sp³-hybridized carbons (Fsp3) is 0.792. The molecule has 194 valence electrons. The lowest BCUT2D eigenvalue weighted by molar-refractivity contribution is -0.170. The van der Waals surface area contributed by atoms with Crippen molar-refractivity contribution in [2.24, 2.45) is 16.7 Å². The van der Waals surface area contributed by atoms with Crippen LogP contribution in [0.4, 0.5) is 13.2 Å². The van der Waals surface area contributed by atoms with Gasteiger partial charge in [0.2, 0.25) is 10.0 Å². The maximum Gasteiger partial charge on any atom is 0.433 e. The van der Waals surface area contributed by atoms with E-state index in [0.717, 1.165) is 38.9 Å². The van der Waals surface area contributed by atoms with E-state index in [2.05, 4.69) is 14.8 Å². The highest BCUT2D eigenvalue weighted by molar-refractivity contribution is 7.89. The number of ether oxygens (including phenoxy) is 1. The molecule has 0 N–H and O–H groups in total. The van der Waals surface area contributed by atoms with Gasteiger partial charge in [0.25, 0.3) is 0 Å². The van der Waals surface area contributed by atoms with Crippen LogP contribution in [0.3, 0.4) is 0 Å². The number of alkyl halides is 3. The molecule has 0 amide bonds. The second-order valence-electron chi connectivity index (χ2n) is 11.9. The first-order chi connectivity index (χ1) is 16.4. The Kier molecular flexibility index (Phi) is 5.41. The summed E-state index contributed by atoms with van der Waals surface area (Å²) in [6, 6.07) is 1.43. The van der Waals surface area contributed by atoms with Crippen molar-refractivity contribution in [2.45, 2.75) is 50.2 Å². The molecule has 0 radical (unpaired) electrons. The summed E-state index contributed by atoms with van der Waals surface area (Å²) in [4.78, 5) is 8.53. The fourth-order valence-corrected chi connectivity index (χ4v) is 9.24. The van der Waals surface area contributed by atoms with Crippen molar-refractivity contribution in [3.63, 3.8) is 0 Å². The molecule has 5 fully saturated rings.